The number of rotatable bonds is 5. The minimum Gasteiger partial charge on any atom is -0.381 e. The molecule has 0 aliphatic heterocycles. The number of nitrogens with zero attached hydrogens (tertiary/aromatic N) is 1. The van der Waals surface area contributed by atoms with Crippen LogP contribution in [0, 0.1) is 5.92 Å². The van der Waals surface area contributed by atoms with Crippen molar-refractivity contribution in [3.05, 3.63) is 0 Å². The first-order valence-corrected chi connectivity index (χ1v) is 4.44. The van der Waals surface area contributed by atoms with E-state index in [-0.39, 0.29) is 12.5 Å². The monoisotopic (exact) mass is 202 g/mol. The first-order chi connectivity index (χ1) is 6.43. The number of aliphatic hydroxyl groups excluding tert-OH is 1. The maximum Gasteiger partial charge on any atom is 0.248 e. The van der Waals surface area contributed by atoms with Crippen LogP contribution in [0.4, 0.5) is 0 Å². The molecule has 0 saturated heterocycles. The largest absolute Gasteiger partial charge is 0.381 e. The Morgan fingerprint density at radius 1 is 1.50 bits per heavy atom. The Balaban J connectivity index is 3.78. The molecule has 0 aromatic carbocycles. The summed E-state index contributed by atoms with van der Waals surface area (Å²) in [7, 11) is 0. The van der Waals surface area contributed by atoms with Crippen molar-refractivity contribution in [3.63, 3.8) is 0 Å². The van der Waals surface area contributed by atoms with E-state index in [1.807, 2.05) is 13.8 Å². The zero-order chi connectivity index (χ0) is 11.1. The predicted octanol–water partition coefficient (Wildman–Crippen LogP) is -1.61. The fourth-order valence-electron chi connectivity index (χ4n) is 0.639. The Morgan fingerprint density at radius 3 is 2.50 bits per heavy atom. The summed E-state index contributed by atoms with van der Waals surface area (Å²) in [5.74, 6) is -0.162. The summed E-state index contributed by atoms with van der Waals surface area (Å²) < 4.78 is 0. The molecule has 14 heavy (non-hydrogen) atoms. The molecule has 6 N–H and O–H groups in total. The van der Waals surface area contributed by atoms with Crippen molar-refractivity contribution in [2.45, 2.75) is 20.0 Å². The van der Waals surface area contributed by atoms with Crippen molar-refractivity contribution in [2.24, 2.45) is 22.4 Å². The second-order valence-corrected chi connectivity index (χ2v) is 3.42. The molecule has 0 aromatic heterocycles. The number of nitrogens with one attached hydrogen (secondary N) is 1. The molecule has 0 aromatic rings. The maximum atomic E-state index is 10.4. The predicted molar refractivity (Wildman–Crippen MR) is 54.5 cm³/mol. The van der Waals surface area contributed by atoms with Gasteiger partial charge >= 0.3 is 0 Å². The van der Waals surface area contributed by atoms with Crippen LogP contribution in [0.1, 0.15) is 13.8 Å². The normalized spacial score (nSPS) is 14.1. The summed E-state index contributed by atoms with van der Waals surface area (Å²) in [5.41, 5.74) is 10.3. The second-order valence-electron chi connectivity index (χ2n) is 3.42. The van der Waals surface area contributed by atoms with E-state index in [1.165, 1.54) is 0 Å². The third-order valence-corrected chi connectivity index (χ3v) is 1.43. The summed E-state index contributed by atoms with van der Waals surface area (Å²) in [4.78, 5) is 14.4. The van der Waals surface area contributed by atoms with Crippen molar-refractivity contribution < 1.29 is 9.90 Å². The fraction of sp³-hybridized carbons (Fsp3) is 0.750. The van der Waals surface area contributed by atoms with E-state index in [1.54, 1.807) is 0 Å². The zero-order valence-electron chi connectivity index (χ0n) is 8.53. The topological polar surface area (TPSA) is 114 Å². The smallest absolute Gasteiger partial charge is 0.248 e. The summed E-state index contributed by atoms with van der Waals surface area (Å²) in [6, 6.07) is 0. The van der Waals surface area contributed by atoms with Crippen molar-refractivity contribution in [1.82, 2.24) is 5.32 Å². The van der Waals surface area contributed by atoms with E-state index >= 15 is 0 Å². The number of hydrogen-bond acceptors (Lipinski definition) is 3. The molecule has 6 nitrogen and oxygen atoms in total. The molecule has 0 radical (unpaired) electrons. The van der Waals surface area contributed by atoms with Crippen LogP contribution in [-0.4, -0.2) is 36.2 Å². The number of aliphatic imine (C=N–C) groups is 1. The highest BCUT2D eigenvalue weighted by Gasteiger charge is 2.09. The molecule has 6 heteroatoms. The highest BCUT2D eigenvalue weighted by molar-refractivity contribution is 5.81. The average Bonchev–Trinajstić information content (AvgIpc) is 2.10. The van der Waals surface area contributed by atoms with Gasteiger partial charge in [0.15, 0.2) is 5.96 Å². The lowest BCUT2D eigenvalue weighted by molar-refractivity contribution is -0.125. The molecule has 82 valence electrons. The van der Waals surface area contributed by atoms with E-state index in [2.05, 4.69) is 10.3 Å². The molecule has 0 aliphatic rings. The highest BCUT2D eigenvalue weighted by atomic mass is 16.3. The Labute approximate surface area is 83.4 Å². The SMILES string of the molecule is CC(C)CN=C(N)NCC(O)C(N)=O. The molecule has 0 saturated carbocycles. The van der Waals surface area contributed by atoms with Crippen molar-refractivity contribution in [1.29, 1.82) is 0 Å². The van der Waals surface area contributed by atoms with Gasteiger partial charge in [-0.3, -0.25) is 9.79 Å². The van der Waals surface area contributed by atoms with Gasteiger partial charge in [-0.2, -0.15) is 0 Å². The Kier molecular flexibility index (Phi) is 5.62. The summed E-state index contributed by atoms with van der Waals surface area (Å²) >= 11 is 0. The van der Waals surface area contributed by atoms with E-state index in [4.69, 9.17) is 16.6 Å². The molecule has 0 fully saturated rings. The van der Waals surface area contributed by atoms with Crippen LogP contribution in [0.25, 0.3) is 0 Å². The second kappa shape index (κ2) is 6.20. The van der Waals surface area contributed by atoms with Gasteiger partial charge in [0.25, 0.3) is 0 Å². The summed E-state index contributed by atoms with van der Waals surface area (Å²) in [6.07, 6.45) is -1.23. The van der Waals surface area contributed by atoms with Gasteiger partial charge in [-0.05, 0) is 5.92 Å². The number of aliphatic hydroxyl groups is 1. The maximum absolute atomic E-state index is 10.4. The number of carbonyl (C=O) groups is 1. The van der Waals surface area contributed by atoms with Gasteiger partial charge in [0.1, 0.15) is 6.10 Å². The van der Waals surface area contributed by atoms with Crippen LogP contribution in [-0.2, 0) is 4.79 Å². The standard InChI is InChI=1S/C8H18N4O2/c1-5(2)3-11-8(10)12-4-6(13)7(9)14/h5-6,13H,3-4H2,1-2H3,(H2,9,14)(H3,10,11,12). The third-order valence-electron chi connectivity index (χ3n) is 1.43. The van der Waals surface area contributed by atoms with Crippen LogP contribution in [0.3, 0.4) is 0 Å². The lowest BCUT2D eigenvalue weighted by Crippen LogP contribution is -2.42. The zero-order valence-corrected chi connectivity index (χ0v) is 8.53. The molecule has 0 heterocycles. The number of carbonyl (C=O) groups excluding carboxylic acids is 1. The number of hydrogen-bond donors (Lipinski definition) is 4. The van der Waals surface area contributed by atoms with Gasteiger partial charge in [-0.1, -0.05) is 13.8 Å². The minimum absolute atomic E-state index is 0.0111. The number of nitrogens with two attached hydrogens (primary N) is 2. The molecular formula is C8H18N4O2. The molecule has 1 amide bonds. The van der Waals surface area contributed by atoms with Gasteiger partial charge in [0.05, 0.1) is 6.54 Å². The van der Waals surface area contributed by atoms with Gasteiger partial charge in [-0.25, -0.2) is 0 Å². The van der Waals surface area contributed by atoms with Crippen molar-refractivity contribution in [2.75, 3.05) is 13.1 Å². The van der Waals surface area contributed by atoms with Crippen LogP contribution in [0.15, 0.2) is 4.99 Å². The Hall–Kier alpha value is -1.30. The molecule has 0 spiro atoms. The Morgan fingerprint density at radius 2 is 2.07 bits per heavy atom. The third kappa shape index (κ3) is 6.24. The van der Waals surface area contributed by atoms with Crippen molar-refractivity contribution >= 4 is 11.9 Å². The summed E-state index contributed by atoms with van der Waals surface area (Å²) in [5, 5.41) is 11.6. The highest BCUT2D eigenvalue weighted by Crippen LogP contribution is 1.90. The number of amides is 1. The van der Waals surface area contributed by atoms with Gasteiger partial charge < -0.3 is 21.9 Å². The minimum atomic E-state index is -1.23. The first kappa shape index (κ1) is 12.7. The molecule has 0 rings (SSSR count). The van der Waals surface area contributed by atoms with E-state index < -0.39 is 12.0 Å². The Bertz CT molecular complexity index is 215. The van der Waals surface area contributed by atoms with Crippen LogP contribution < -0.4 is 16.8 Å². The van der Waals surface area contributed by atoms with E-state index in [0.29, 0.717) is 12.5 Å². The van der Waals surface area contributed by atoms with Gasteiger partial charge in [-0.15, -0.1) is 0 Å². The molecule has 1 atom stereocenters. The van der Waals surface area contributed by atoms with Gasteiger partial charge in [0.2, 0.25) is 5.91 Å². The number of guanidine groups is 1. The lowest BCUT2D eigenvalue weighted by Gasteiger charge is -2.09. The quantitative estimate of drug-likeness (QED) is 0.317. The molecular weight excluding hydrogens is 184 g/mol. The molecule has 0 bridgehead atoms. The van der Waals surface area contributed by atoms with Crippen LogP contribution >= 0.6 is 0 Å². The summed E-state index contributed by atoms with van der Waals surface area (Å²) in [6.45, 7) is 4.61. The van der Waals surface area contributed by atoms with Crippen LogP contribution in [0.5, 0.6) is 0 Å². The van der Waals surface area contributed by atoms with Gasteiger partial charge in [0, 0.05) is 6.54 Å². The fourth-order valence-corrected chi connectivity index (χ4v) is 0.639. The number of primary amides is 1. The first-order valence-electron chi connectivity index (χ1n) is 4.44. The lowest BCUT2D eigenvalue weighted by atomic mass is 10.2. The average molecular weight is 202 g/mol. The molecule has 0 aliphatic carbocycles. The van der Waals surface area contributed by atoms with Crippen LogP contribution in [0.2, 0.25) is 0 Å². The molecule has 1 unspecified atom stereocenters. The van der Waals surface area contributed by atoms with E-state index in [9.17, 15) is 4.79 Å². The van der Waals surface area contributed by atoms with Crippen molar-refractivity contribution in [3.8, 4) is 0 Å². The van der Waals surface area contributed by atoms with E-state index in [0.717, 1.165) is 0 Å².